The first-order chi connectivity index (χ1) is 8.33. The van der Waals surface area contributed by atoms with Crippen LogP contribution in [0.3, 0.4) is 0 Å². The average Bonchev–Trinajstić information content (AvgIpc) is 2.38. The Bertz CT molecular complexity index is 671. The van der Waals surface area contributed by atoms with Gasteiger partial charge in [0.2, 0.25) is 0 Å². The van der Waals surface area contributed by atoms with Crippen molar-refractivity contribution in [3.63, 3.8) is 0 Å². The quantitative estimate of drug-likeness (QED) is 0.616. The number of rotatable bonds is 1. The van der Waals surface area contributed by atoms with Crippen molar-refractivity contribution in [3.05, 3.63) is 66.7 Å². The van der Waals surface area contributed by atoms with Crippen LogP contribution in [-0.4, -0.2) is 0 Å². The summed E-state index contributed by atoms with van der Waals surface area (Å²) in [4.78, 5) is 0. The maximum Gasteiger partial charge on any atom is 0.0400 e. The van der Waals surface area contributed by atoms with Crippen molar-refractivity contribution in [1.82, 2.24) is 0 Å². The highest BCUT2D eigenvalue weighted by atomic mass is 14.5. The van der Waals surface area contributed by atoms with Crippen LogP contribution in [-0.2, 0) is 0 Å². The van der Waals surface area contributed by atoms with Crippen molar-refractivity contribution in [1.29, 1.82) is 0 Å². The number of nitrogen functional groups attached to an aromatic ring is 1. The predicted molar refractivity (Wildman–Crippen MR) is 72.6 cm³/mol. The van der Waals surface area contributed by atoms with Gasteiger partial charge >= 0.3 is 0 Å². The monoisotopic (exact) mass is 218 g/mol. The molecule has 2 N–H and O–H groups in total. The van der Waals surface area contributed by atoms with Gasteiger partial charge < -0.3 is 5.73 Å². The second-order valence-corrected chi connectivity index (χ2v) is 4.09. The molecule has 0 fully saturated rings. The Balaban J connectivity index is 2.18. The smallest absolute Gasteiger partial charge is 0.0400 e. The maximum atomic E-state index is 5.75. The van der Waals surface area contributed by atoms with E-state index >= 15 is 0 Å². The van der Waals surface area contributed by atoms with E-state index in [-0.39, 0.29) is 0 Å². The third-order valence-corrected chi connectivity index (χ3v) is 2.91. The normalized spacial score (nSPS) is 10.6. The van der Waals surface area contributed by atoms with Crippen LogP contribution in [0.1, 0.15) is 0 Å². The van der Waals surface area contributed by atoms with E-state index in [1.807, 2.05) is 18.2 Å². The van der Waals surface area contributed by atoms with Crippen LogP contribution in [0.2, 0.25) is 0 Å². The van der Waals surface area contributed by atoms with E-state index < -0.39 is 0 Å². The molecule has 1 heteroatoms. The fourth-order valence-corrected chi connectivity index (χ4v) is 2.03. The van der Waals surface area contributed by atoms with Gasteiger partial charge in [-0.2, -0.15) is 0 Å². The zero-order valence-corrected chi connectivity index (χ0v) is 9.35. The van der Waals surface area contributed by atoms with Crippen molar-refractivity contribution in [3.8, 4) is 11.1 Å². The van der Waals surface area contributed by atoms with Crippen LogP contribution in [0.4, 0.5) is 5.69 Å². The second kappa shape index (κ2) is 3.95. The van der Waals surface area contributed by atoms with Crippen LogP contribution in [0.15, 0.2) is 60.7 Å². The molecule has 0 aliphatic carbocycles. The highest BCUT2D eigenvalue weighted by molar-refractivity contribution is 5.87. The van der Waals surface area contributed by atoms with Gasteiger partial charge in [-0.1, -0.05) is 48.5 Å². The van der Waals surface area contributed by atoms with E-state index in [1.165, 1.54) is 16.3 Å². The van der Waals surface area contributed by atoms with Crippen molar-refractivity contribution in [2.45, 2.75) is 0 Å². The minimum absolute atomic E-state index is 0.677. The molecule has 0 aliphatic heterocycles. The molecule has 3 aromatic carbocycles. The second-order valence-electron chi connectivity index (χ2n) is 4.09. The molecule has 0 unspecified atom stereocenters. The summed E-state index contributed by atoms with van der Waals surface area (Å²) >= 11 is 0. The molecule has 0 saturated heterocycles. The minimum atomic E-state index is 0.677. The predicted octanol–water partition coefficient (Wildman–Crippen LogP) is 3.89. The molecule has 1 nitrogen and oxygen atoms in total. The molecule has 1 radical (unpaired) electrons. The summed E-state index contributed by atoms with van der Waals surface area (Å²) in [5.74, 6) is 0. The van der Waals surface area contributed by atoms with E-state index in [0.29, 0.717) is 5.69 Å². The minimum Gasteiger partial charge on any atom is -0.398 e. The highest BCUT2D eigenvalue weighted by Crippen LogP contribution is 2.25. The lowest BCUT2D eigenvalue weighted by molar-refractivity contribution is 1.62. The summed E-state index contributed by atoms with van der Waals surface area (Å²) in [6.45, 7) is 0. The molecule has 0 amide bonds. The Hall–Kier alpha value is -2.28. The summed E-state index contributed by atoms with van der Waals surface area (Å²) in [5.41, 5.74) is 8.75. The Kier molecular flexibility index (Phi) is 2.30. The van der Waals surface area contributed by atoms with Gasteiger partial charge in [0.1, 0.15) is 0 Å². The van der Waals surface area contributed by atoms with Gasteiger partial charge in [-0.3, -0.25) is 0 Å². The fourth-order valence-electron chi connectivity index (χ4n) is 2.03. The standard InChI is InChI=1S/C16H12N/c17-16-7-3-6-14(11-16)15-9-8-12-4-1-2-5-13(12)10-15/h1-6,8-11H,17H2. The van der Waals surface area contributed by atoms with Crippen molar-refractivity contribution >= 4 is 16.5 Å². The summed E-state index contributed by atoms with van der Waals surface area (Å²) in [6, 6.07) is 23.6. The number of fused-ring (bicyclic) bond motifs is 1. The SMILES string of the molecule is Nc1[c]ccc(-c2ccc3ccccc3c2)c1. The summed E-state index contributed by atoms with van der Waals surface area (Å²) < 4.78 is 0. The Morgan fingerprint density at radius 3 is 2.35 bits per heavy atom. The number of nitrogens with two attached hydrogens (primary N) is 1. The number of hydrogen-bond donors (Lipinski definition) is 1. The molecule has 0 heterocycles. The van der Waals surface area contributed by atoms with Crippen LogP contribution in [0.5, 0.6) is 0 Å². The highest BCUT2D eigenvalue weighted by Gasteiger charge is 1.99. The summed E-state index contributed by atoms with van der Waals surface area (Å²) in [7, 11) is 0. The van der Waals surface area contributed by atoms with Crippen molar-refractivity contribution in [2.24, 2.45) is 0 Å². The Labute approximate surface area is 101 Å². The fraction of sp³-hybridized carbons (Fsp3) is 0. The molecule has 0 aliphatic rings. The topological polar surface area (TPSA) is 26.0 Å². The first kappa shape index (κ1) is 9.91. The molecule has 17 heavy (non-hydrogen) atoms. The van der Waals surface area contributed by atoms with E-state index in [1.54, 1.807) is 0 Å². The summed E-state index contributed by atoms with van der Waals surface area (Å²) in [6.07, 6.45) is 0. The molecular formula is C16H12N. The first-order valence-corrected chi connectivity index (χ1v) is 5.59. The van der Waals surface area contributed by atoms with Gasteiger partial charge in [0.15, 0.2) is 0 Å². The molecule has 0 saturated carbocycles. The van der Waals surface area contributed by atoms with Crippen molar-refractivity contribution in [2.75, 3.05) is 5.73 Å². The van der Waals surface area contributed by atoms with Gasteiger partial charge in [0.05, 0.1) is 0 Å². The third-order valence-electron chi connectivity index (χ3n) is 2.91. The molecule has 81 valence electrons. The number of hydrogen-bond acceptors (Lipinski definition) is 1. The van der Waals surface area contributed by atoms with E-state index in [2.05, 4.69) is 48.5 Å². The largest absolute Gasteiger partial charge is 0.398 e. The molecule has 0 spiro atoms. The Morgan fingerprint density at radius 1 is 0.765 bits per heavy atom. The lowest BCUT2D eigenvalue weighted by Crippen LogP contribution is -1.85. The molecule has 0 aromatic heterocycles. The molecule has 3 rings (SSSR count). The van der Waals surface area contributed by atoms with Gasteiger partial charge in [-0.05, 0) is 34.0 Å². The van der Waals surface area contributed by atoms with E-state index in [9.17, 15) is 0 Å². The molecular weight excluding hydrogens is 206 g/mol. The van der Waals surface area contributed by atoms with Crippen LogP contribution in [0.25, 0.3) is 21.9 Å². The zero-order valence-electron chi connectivity index (χ0n) is 9.35. The lowest BCUT2D eigenvalue weighted by atomic mass is 10.0. The van der Waals surface area contributed by atoms with E-state index in [4.69, 9.17) is 5.73 Å². The average molecular weight is 218 g/mol. The van der Waals surface area contributed by atoms with Gasteiger partial charge in [-0.25, -0.2) is 0 Å². The molecule has 0 atom stereocenters. The lowest BCUT2D eigenvalue weighted by Gasteiger charge is -2.04. The third kappa shape index (κ3) is 1.87. The summed E-state index contributed by atoms with van der Waals surface area (Å²) in [5, 5.41) is 2.50. The van der Waals surface area contributed by atoms with Crippen LogP contribution in [0, 0.1) is 6.07 Å². The maximum absolute atomic E-state index is 5.75. The number of benzene rings is 3. The van der Waals surface area contributed by atoms with Gasteiger partial charge in [0, 0.05) is 11.8 Å². The van der Waals surface area contributed by atoms with E-state index in [0.717, 1.165) is 5.56 Å². The number of anilines is 1. The van der Waals surface area contributed by atoms with Crippen LogP contribution < -0.4 is 5.73 Å². The first-order valence-electron chi connectivity index (χ1n) is 5.59. The van der Waals surface area contributed by atoms with Gasteiger partial charge in [0.25, 0.3) is 0 Å². The molecule has 3 aromatic rings. The van der Waals surface area contributed by atoms with Gasteiger partial charge in [-0.15, -0.1) is 0 Å². The Morgan fingerprint density at radius 2 is 1.53 bits per heavy atom. The van der Waals surface area contributed by atoms with Crippen molar-refractivity contribution < 1.29 is 0 Å². The molecule has 0 bridgehead atoms. The zero-order chi connectivity index (χ0) is 11.7. The van der Waals surface area contributed by atoms with Crippen LogP contribution >= 0.6 is 0 Å².